The van der Waals surface area contributed by atoms with Crippen molar-refractivity contribution in [3.63, 3.8) is 0 Å². The summed E-state index contributed by atoms with van der Waals surface area (Å²) in [6.45, 7) is 3.55. The molecular formula is C14H16ClFN2O. The molecule has 1 N–H and O–H groups in total. The molecule has 5 heteroatoms. The zero-order valence-electron chi connectivity index (χ0n) is 10.5. The predicted molar refractivity (Wildman–Crippen MR) is 71.8 cm³/mol. The third-order valence-electron chi connectivity index (χ3n) is 4.16. The Hall–Kier alpha value is -1.13. The minimum atomic E-state index is -0.537. The molecule has 0 aliphatic carbocycles. The summed E-state index contributed by atoms with van der Waals surface area (Å²) in [4.78, 5) is 14.2. The second-order valence-corrected chi connectivity index (χ2v) is 5.75. The number of carbonyl (C=O) groups excluding carboxylic acids is 1. The third-order valence-corrected chi connectivity index (χ3v) is 4.46. The fourth-order valence-electron chi connectivity index (χ4n) is 3.03. The standard InChI is InChI=1S/C14H16ClFN2O/c15-12-2-1-9(5-13(12)16)14(19)18-4-3-10-6-17-7-11(10)8-18/h1-2,5,10-11,17H,3-4,6-8H2. The van der Waals surface area contributed by atoms with Crippen LogP contribution in [0.1, 0.15) is 16.8 Å². The first-order chi connectivity index (χ1) is 9.15. The number of nitrogens with zero attached hydrogens (tertiary/aromatic N) is 1. The third kappa shape index (κ3) is 2.47. The van der Waals surface area contributed by atoms with Crippen molar-refractivity contribution in [1.82, 2.24) is 10.2 Å². The fraction of sp³-hybridized carbons (Fsp3) is 0.500. The Labute approximate surface area is 116 Å². The van der Waals surface area contributed by atoms with Gasteiger partial charge in [0.1, 0.15) is 5.82 Å². The number of hydrogen-bond acceptors (Lipinski definition) is 2. The molecule has 2 aliphatic heterocycles. The van der Waals surface area contributed by atoms with Gasteiger partial charge in [-0.25, -0.2) is 4.39 Å². The highest BCUT2D eigenvalue weighted by molar-refractivity contribution is 6.30. The van der Waals surface area contributed by atoms with E-state index in [9.17, 15) is 9.18 Å². The molecule has 2 heterocycles. The zero-order chi connectivity index (χ0) is 13.4. The molecular weight excluding hydrogens is 267 g/mol. The van der Waals surface area contributed by atoms with E-state index >= 15 is 0 Å². The van der Waals surface area contributed by atoms with Crippen LogP contribution in [0.2, 0.25) is 5.02 Å². The first-order valence-electron chi connectivity index (χ1n) is 6.60. The molecule has 1 aromatic rings. The number of carbonyl (C=O) groups is 1. The molecule has 0 bridgehead atoms. The highest BCUT2D eigenvalue weighted by Gasteiger charge is 2.34. The molecule has 0 saturated carbocycles. The van der Waals surface area contributed by atoms with Gasteiger partial charge < -0.3 is 10.2 Å². The summed E-state index contributed by atoms with van der Waals surface area (Å²) >= 11 is 5.64. The summed E-state index contributed by atoms with van der Waals surface area (Å²) in [7, 11) is 0. The minimum Gasteiger partial charge on any atom is -0.338 e. The van der Waals surface area contributed by atoms with Crippen molar-refractivity contribution in [1.29, 1.82) is 0 Å². The maximum atomic E-state index is 13.4. The van der Waals surface area contributed by atoms with Crippen LogP contribution >= 0.6 is 11.6 Å². The van der Waals surface area contributed by atoms with E-state index in [0.717, 1.165) is 32.6 Å². The molecule has 2 atom stereocenters. The van der Waals surface area contributed by atoms with Crippen molar-refractivity contribution in [3.05, 3.63) is 34.6 Å². The number of halogens is 2. The van der Waals surface area contributed by atoms with Gasteiger partial charge in [0, 0.05) is 18.7 Å². The van der Waals surface area contributed by atoms with Crippen LogP contribution in [0.4, 0.5) is 4.39 Å². The van der Waals surface area contributed by atoms with E-state index in [-0.39, 0.29) is 10.9 Å². The lowest BCUT2D eigenvalue weighted by atomic mass is 9.88. The number of amides is 1. The van der Waals surface area contributed by atoms with Gasteiger partial charge in [-0.2, -0.15) is 0 Å². The molecule has 3 rings (SSSR count). The van der Waals surface area contributed by atoms with Crippen LogP contribution in [-0.4, -0.2) is 37.0 Å². The van der Waals surface area contributed by atoms with Crippen molar-refractivity contribution < 1.29 is 9.18 Å². The highest BCUT2D eigenvalue weighted by Crippen LogP contribution is 2.27. The van der Waals surface area contributed by atoms with E-state index in [1.807, 2.05) is 4.90 Å². The summed E-state index contributed by atoms with van der Waals surface area (Å²) in [6, 6.07) is 4.25. The number of likely N-dealkylation sites (tertiary alicyclic amines) is 1. The highest BCUT2D eigenvalue weighted by atomic mass is 35.5. The second-order valence-electron chi connectivity index (χ2n) is 5.35. The Morgan fingerprint density at radius 1 is 1.37 bits per heavy atom. The monoisotopic (exact) mass is 282 g/mol. The number of hydrogen-bond donors (Lipinski definition) is 1. The Kier molecular flexibility index (Phi) is 3.46. The zero-order valence-corrected chi connectivity index (χ0v) is 11.3. The molecule has 2 saturated heterocycles. The molecule has 1 amide bonds. The van der Waals surface area contributed by atoms with Gasteiger partial charge in [0.2, 0.25) is 0 Å². The molecule has 2 fully saturated rings. The van der Waals surface area contributed by atoms with Crippen LogP contribution in [-0.2, 0) is 0 Å². The maximum Gasteiger partial charge on any atom is 0.253 e. The Balaban J connectivity index is 1.74. The molecule has 19 heavy (non-hydrogen) atoms. The van der Waals surface area contributed by atoms with Gasteiger partial charge in [-0.3, -0.25) is 4.79 Å². The number of rotatable bonds is 1. The van der Waals surface area contributed by atoms with Gasteiger partial charge in [-0.1, -0.05) is 11.6 Å². The lowest BCUT2D eigenvalue weighted by Gasteiger charge is -2.34. The van der Waals surface area contributed by atoms with E-state index in [4.69, 9.17) is 11.6 Å². The van der Waals surface area contributed by atoms with Crippen molar-refractivity contribution in [3.8, 4) is 0 Å². The van der Waals surface area contributed by atoms with E-state index in [1.54, 1.807) is 6.07 Å². The molecule has 102 valence electrons. The first-order valence-corrected chi connectivity index (χ1v) is 6.98. The summed E-state index contributed by atoms with van der Waals surface area (Å²) in [5.74, 6) is 0.590. The number of piperidine rings is 1. The topological polar surface area (TPSA) is 32.3 Å². The van der Waals surface area contributed by atoms with Crippen LogP contribution < -0.4 is 5.32 Å². The van der Waals surface area contributed by atoms with E-state index in [1.165, 1.54) is 12.1 Å². The summed E-state index contributed by atoms with van der Waals surface area (Å²) in [5, 5.41) is 3.42. The fourth-order valence-corrected chi connectivity index (χ4v) is 3.15. The van der Waals surface area contributed by atoms with E-state index in [0.29, 0.717) is 17.4 Å². The van der Waals surface area contributed by atoms with E-state index < -0.39 is 5.82 Å². The van der Waals surface area contributed by atoms with Crippen molar-refractivity contribution in [2.45, 2.75) is 6.42 Å². The minimum absolute atomic E-state index is 0.0512. The SMILES string of the molecule is O=C(c1ccc(Cl)c(F)c1)N1CCC2CNCC2C1. The molecule has 0 spiro atoms. The summed E-state index contributed by atoms with van der Waals surface area (Å²) in [5.41, 5.74) is 0.381. The van der Waals surface area contributed by atoms with Gasteiger partial charge in [0.25, 0.3) is 5.91 Å². The van der Waals surface area contributed by atoms with Crippen LogP contribution in [0.25, 0.3) is 0 Å². The normalized spacial score (nSPS) is 26.3. The van der Waals surface area contributed by atoms with Crippen molar-refractivity contribution >= 4 is 17.5 Å². The average Bonchev–Trinajstić information content (AvgIpc) is 2.88. The molecule has 2 aliphatic rings. The summed E-state index contributed by atoms with van der Waals surface area (Å²) < 4.78 is 13.4. The maximum absolute atomic E-state index is 13.4. The van der Waals surface area contributed by atoms with E-state index in [2.05, 4.69) is 5.32 Å². The van der Waals surface area contributed by atoms with Gasteiger partial charge in [-0.15, -0.1) is 0 Å². The largest absolute Gasteiger partial charge is 0.338 e. The average molecular weight is 283 g/mol. The van der Waals surface area contributed by atoms with Crippen LogP contribution in [0.5, 0.6) is 0 Å². The molecule has 1 aromatic carbocycles. The van der Waals surface area contributed by atoms with Crippen molar-refractivity contribution in [2.24, 2.45) is 11.8 Å². The van der Waals surface area contributed by atoms with Crippen LogP contribution in [0, 0.1) is 17.7 Å². The summed E-state index contributed by atoms with van der Waals surface area (Å²) in [6.07, 6.45) is 1.03. The molecule has 2 unspecified atom stereocenters. The Bertz CT molecular complexity index is 508. The molecule has 0 aromatic heterocycles. The second kappa shape index (κ2) is 5.10. The lowest BCUT2D eigenvalue weighted by Crippen LogP contribution is -2.43. The predicted octanol–water partition coefficient (Wildman–Crippen LogP) is 2.16. The number of fused-ring (bicyclic) bond motifs is 1. The van der Waals surface area contributed by atoms with Crippen LogP contribution in [0.15, 0.2) is 18.2 Å². The lowest BCUT2D eigenvalue weighted by molar-refractivity contribution is 0.0642. The van der Waals surface area contributed by atoms with Crippen molar-refractivity contribution in [2.75, 3.05) is 26.2 Å². The van der Waals surface area contributed by atoms with Gasteiger partial charge in [0.15, 0.2) is 0 Å². The molecule has 0 radical (unpaired) electrons. The van der Waals surface area contributed by atoms with Gasteiger partial charge in [-0.05, 0) is 49.5 Å². The number of nitrogens with one attached hydrogen (secondary N) is 1. The number of benzene rings is 1. The quantitative estimate of drug-likeness (QED) is 0.856. The van der Waals surface area contributed by atoms with Gasteiger partial charge in [0.05, 0.1) is 5.02 Å². The Morgan fingerprint density at radius 3 is 2.95 bits per heavy atom. The molecule has 3 nitrogen and oxygen atoms in total. The van der Waals surface area contributed by atoms with Gasteiger partial charge >= 0.3 is 0 Å². The van der Waals surface area contributed by atoms with Crippen LogP contribution in [0.3, 0.4) is 0 Å². The Morgan fingerprint density at radius 2 is 2.16 bits per heavy atom. The smallest absolute Gasteiger partial charge is 0.253 e. The first kappa shape index (κ1) is 12.9.